The van der Waals surface area contributed by atoms with Crippen LogP contribution in [0, 0.1) is 5.82 Å². The van der Waals surface area contributed by atoms with Crippen molar-refractivity contribution in [3.8, 4) is 23.0 Å². The summed E-state index contributed by atoms with van der Waals surface area (Å²) < 4.78 is 40.8. The summed E-state index contributed by atoms with van der Waals surface area (Å²) in [5, 5.41) is 0. The van der Waals surface area contributed by atoms with Crippen molar-refractivity contribution in [1.29, 1.82) is 0 Å². The molecule has 0 N–H and O–H groups in total. The first-order valence-corrected chi connectivity index (χ1v) is 11.0. The maximum absolute atomic E-state index is 13.2. The van der Waals surface area contributed by atoms with Crippen LogP contribution in [0.3, 0.4) is 0 Å². The van der Waals surface area contributed by atoms with E-state index in [9.17, 15) is 9.18 Å². The topological polar surface area (TPSA) is 75.6 Å². The molecule has 8 heteroatoms. The number of hydrogen-bond acceptors (Lipinski definition) is 7. The fourth-order valence-corrected chi connectivity index (χ4v) is 3.29. The van der Waals surface area contributed by atoms with Crippen molar-refractivity contribution >= 4 is 17.9 Å². The first-order valence-electron chi connectivity index (χ1n) is 11.0. The third-order valence-electron chi connectivity index (χ3n) is 4.93. The largest absolute Gasteiger partial charge is 0.497 e. The van der Waals surface area contributed by atoms with Gasteiger partial charge in [-0.25, -0.2) is 14.2 Å². The standard InChI is InChI=1S/C27H24FNO6/c1-3-32-25-16-18(15-23-27(30)35-26(29-23)19-8-10-20(28)11-9-19)7-12-24(25)34-14-13-33-22-6-4-5-21(17-22)31-2/h4-12,15-17H,3,13-14H2,1-2H3/b23-15+. The molecule has 35 heavy (non-hydrogen) atoms. The second-order valence-corrected chi connectivity index (χ2v) is 7.36. The maximum atomic E-state index is 13.2. The molecule has 0 fully saturated rings. The summed E-state index contributed by atoms with van der Waals surface area (Å²) in [5.41, 5.74) is 1.33. The van der Waals surface area contributed by atoms with Crippen LogP contribution < -0.4 is 18.9 Å². The second kappa shape index (κ2) is 11.2. The fourth-order valence-electron chi connectivity index (χ4n) is 3.29. The lowest BCUT2D eigenvalue weighted by Crippen LogP contribution is -2.10. The van der Waals surface area contributed by atoms with Gasteiger partial charge in [0.2, 0.25) is 5.90 Å². The lowest BCUT2D eigenvalue weighted by molar-refractivity contribution is -0.129. The van der Waals surface area contributed by atoms with Crippen LogP contribution in [0.4, 0.5) is 4.39 Å². The molecule has 0 spiro atoms. The number of benzene rings is 3. The van der Waals surface area contributed by atoms with E-state index in [1.807, 2.05) is 25.1 Å². The van der Waals surface area contributed by atoms with Crippen LogP contribution in [-0.2, 0) is 9.53 Å². The van der Waals surface area contributed by atoms with E-state index in [1.54, 1.807) is 37.5 Å². The molecule has 0 radical (unpaired) electrons. The van der Waals surface area contributed by atoms with Gasteiger partial charge in [0.15, 0.2) is 17.2 Å². The first-order chi connectivity index (χ1) is 17.1. The molecule has 7 nitrogen and oxygen atoms in total. The summed E-state index contributed by atoms with van der Waals surface area (Å²) in [7, 11) is 1.60. The predicted octanol–water partition coefficient (Wildman–Crippen LogP) is 5.04. The normalized spacial score (nSPS) is 13.9. The molecule has 0 aromatic heterocycles. The van der Waals surface area contributed by atoms with Gasteiger partial charge in [0.1, 0.15) is 30.5 Å². The highest BCUT2D eigenvalue weighted by molar-refractivity contribution is 6.12. The molecular formula is C27H24FNO6. The van der Waals surface area contributed by atoms with Crippen molar-refractivity contribution < 1.29 is 32.9 Å². The van der Waals surface area contributed by atoms with E-state index in [2.05, 4.69) is 4.99 Å². The van der Waals surface area contributed by atoms with Crippen molar-refractivity contribution in [2.75, 3.05) is 26.9 Å². The van der Waals surface area contributed by atoms with Crippen LogP contribution in [-0.4, -0.2) is 38.8 Å². The van der Waals surface area contributed by atoms with Crippen LogP contribution >= 0.6 is 0 Å². The van der Waals surface area contributed by atoms with Gasteiger partial charge in [-0.1, -0.05) is 12.1 Å². The van der Waals surface area contributed by atoms with Crippen molar-refractivity contribution in [2.24, 2.45) is 4.99 Å². The number of carbonyl (C=O) groups is 1. The number of halogens is 1. The number of hydrogen-bond donors (Lipinski definition) is 0. The smallest absolute Gasteiger partial charge is 0.363 e. The van der Waals surface area contributed by atoms with E-state index in [-0.39, 0.29) is 17.4 Å². The molecule has 0 atom stereocenters. The van der Waals surface area contributed by atoms with Gasteiger partial charge < -0.3 is 23.7 Å². The number of methoxy groups -OCH3 is 1. The highest BCUT2D eigenvalue weighted by Gasteiger charge is 2.24. The molecule has 0 aliphatic carbocycles. The Bertz CT molecular complexity index is 1250. The Labute approximate surface area is 202 Å². The number of rotatable bonds is 10. The van der Waals surface area contributed by atoms with Crippen LogP contribution in [0.15, 0.2) is 77.4 Å². The lowest BCUT2D eigenvalue weighted by Gasteiger charge is -2.13. The molecule has 0 saturated heterocycles. The molecule has 1 aliphatic rings. The van der Waals surface area contributed by atoms with E-state index in [0.717, 1.165) is 0 Å². The second-order valence-electron chi connectivity index (χ2n) is 7.36. The summed E-state index contributed by atoms with van der Waals surface area (Å²) in [5.74, 6) is 1.63. The zero-order valence-electron chi connectivity index (χ0n) is 19.3. The monoisotopic (exact) mass is 477 g/mol. The van der Waals surface area contributed by atoms with Gasteiger partial charge in [0.25, 0.3) is 0 Å². The van der Waals surface area contributed by atoms with Crippen LogP contribution in [0.1, 0.15) is 18.1 Å². The highest BCUT2D eigenvalue weighted by atomic mass is 19.1. The van der Waals surface area contributed by atoms with Gasteiger partial charge in [0.05, 0.1) is 13.7 Å². The summed E-state index contributed by atoms with van der Waals surface area (Å²) in [6.07, 6.45) is 1.59. The Morgan fingerprint density at radius 3 is 2.46 bits per heavy atom. The average Bonchev–Trinajstić information content (AvgIpc) is 3.23. The molecule has 1 aliphatic heterocycles. The van der Waals surface area contributed by atoms with Crippen LogP contribution in [0.2, 0.25) is 0 Å². The van der Waals surface area contributed by atoms with Gasteiger partial charge in [-0.05, 0) is 67.1 Å². The van der Waals surface area contributed by atoms with Gasteiger partial charge >= 0.3 is 5.97 Å². The van der Waals surface area contributed by atoms with Crippen LogP contribution in [0.25, 0.3) is 6.08 Å². The summed E-state index contributed by atoms with van der Waals surface area (Å²) in [4.78, 5) is 16.5. The molecule has 0 bridgehead atoms. The van der Waals surface area contributed by atoms with E-state index in [0.29, 0.717) is 53.9 Å². The lowest BCUT2D eigenvalue weighted by atomic mass is 10.1. The molecule has 1 heterocycles. The molecule has 0 saturated carbocycles. The third kappa shape index (κ3) is 6.17. The molecule has 4 rings (SSSR count). The summed E-state index contributed by atoms with van der Waals surface area (Å²) >= 11 is 0. The Kier molecular flexibility index (Phi) is 7.62. The minimum Gasteiger partial charge on any atom is -0.497 e. The van der Waals surface area contributed by atoms with Crippen molar-refractivity contribution in [3.63, 3.8) is 0 Å². The van der Waals surface area contributed by atoms with Gasteiger partial charge in [-0.3, -0.25) is 0 Å². The molecular weight excluding hydrogens is 453 g/mol. The van der Waals surface area contributed by atoms with Gasteiger partial charge in [-0.2, -0.15) is 0 Å². The zero-order chi connectivity index (χ0) is 24.6. The third-order valence-corrected chi connectivity index (χ3v) is 4.93. The van der Waals surface area contributed by atoms with Crippen LogP contribution in [0.5, 0.6) is 23.0 Å². The van der Waals surface area contributed by atoms with Gasteiger partial charge in [0, 0.05) is 11.6 Å². The summed E-state index contributed by atoms with van der Waals surface area (Å²) in [6.45, 7) is 2.94. The number of cyclic esters (lactones) is 1. The molecule has 3 aromatic carbocycles. The van der Waals surface area contributed by atoms with E-state index >= 15 is 0 Å². The molecule has 3 aromatic rings. The van der Waals surface area contributed by atoms with E-state index in [1.165, 1.54) is 24.3 Å². The first kappa shape index (κ1) is 23.8. The number of carbonyl (C=O) groups excluding carboxylic acids is 1. The molecule has 180 valence electrons. The number of nitrogens with zero attached hydrogens (tertiary/aromatic N) is 1. The minimum atomic E-state index is -0.586. The Morgan fingerprint density at radius 1 is 0.914 bits per heavy atom. The molecule has 0 amide bonds. The Balaban J connectivity index is 1.43. The zero-order valence-corrected chi connectivity index (χ0v) is 19.3. The minimum absolute atomic E-state index is 0.127. The average molecular weight is 477 g/mol. The van der Waals surface area contributed by atoms with Crippen molar-refractivity contribution in [2.45, 2.75) is 6.92 Å². The Morgan fingerprint density at radius 2 is 1.69 bits per heavy atom. The Hall–Kier alpha value is -4.33. The highest BCUT2D eigenvalue weighted by Crippen LogP contribution is 2.30. The van der Waals surface area contributed by atoms with E-state index < -0.39 is 5.97 Å². The fraction of sp³-hybridized carbons (Fsp3) is 0.185. The van der Waals surface area contributed by atoms with Crippen molar-refractivity contribution in [3.05, 3.63) is 89.4 Å². The maximum Gasteiger partial charge on any atom is 0.363 e. The van der Waals surface area contributed by atoms with Gasteiger partial charge in [-0.15, -0.1) is 0 Å². The number of ether oxygens (including phenoxy) is 5. The SMILES string of the molecule is CCOc1cc(/C=C2/N=C(c3ccc(F)cc3)OC2=O)ccc1OCCOc1cccc(OC)c1. The predicted molar refractivity (Wildman–Crippen MR) is 129 cm³/mol. The number of esters is 1. The van der Waals surface area contributed by atoms with E-state index in [4.69, 9.17) is 23.7 Å². The quantitative estimate of drug-likeness (QED) is 0.232. The number of aliphatic imine (C=N–C) groups is 1. The summed E-state index contributed by atoms with van der Waals surface area (Å²) in [6, 6.07) is 18.2. The molecule has 0 unspecified atom stereocenters. The van der Waals surface area contributed by atoms with Crippen molar-refractivity contribution in [1.82, 2.24) is 0 Å².